The van der Waals surface area contributed by atoms with Crippen LogP contribution in [0.25, 0.3) is 0 Å². The Balaban J connectivity index is 1.19. The van der Waals surface area contributed by atoms with Gasteiger partial charge in [-0.3, -0.25) is 0 Å². The first-order valence-electron chi connectivity index (χ1n) is 13.4. The van der Waals surface area contributed by atoms with E-state index in [2.05, 4.69) is 12.1 Å². The van der Waals surface area contributed by atoms with Crippen molar-refractivity contribution >= 4 is 0 Å². The predicted molar refractivity (Wildman–Crippen MR) is 138 cm³/mol. The molecule has 0 bridgehead atoms. The van der Waals surface area contributed by atoms with Crippen molar-refractivity contribution in [1.82, 2.24) is 0 Å². The van der Waals surface area contributed by atoms with E-state index in [0.29, 0.717) is 112 Å². The summed E-state index contributed by atoms with van der Waals surface area (Å²) in [6, 6.07) is 6.38. The summed E-state index contributed by atoms with van der Waals surface area (Å²) in [5, 5.41) is 8.56. The van der Waals surface area contributed by atoms with E-state index >= 15 is 0 Å². The van der Waals surface area contributed by atoms with Crippen molar-refractivity contribution in [2.45, 2.75) is 19.3 Å². The summed E-state index contributed by atoms with van der Waals surface area (Å²) in [5.74, 6) is 0.927. The molecule has 0 saturated carbocycles. The lowest BCUT2D eigenvalue weighted by Gasteiger charge is -2.09. The lowest BCUT2D eigenvalue weighted by Crippen LogP contribution is -2.15. The second-order valence-corrected chi connectivity index (χ2v) is 8.26. The highest BCUT2D eigenvalue weighted by Gasteiger charge is 2.11. The Bertz CT molecular complexity index is 646. The first-order valence-corrected chi connectivity index (χ1v) is 13.4. The van der Waals surface area contributed by atoms with E-state index in [9.17, 15) is 0 Å². The fourth-order valence-electron chi connectivity index (χ4n) is 3.56. The maximum Gasteiger partial charge on any atom is 0.119 e. The van der Waals surface area contributed by atoms with Gasteiger partial charge in [0, 0.05) is 0 Å². The molecule has 10 heteroatoms. The van der Waals surface area contributed by atoms with Crippen LogP contribution in [0.3, 0.4) is 0 Å². The van der Waals surface area contributed by atoms with Crippen LogP contribution < -0.4 is 4.74 Å². The lowest BCUT2D eigenvalue weighted by atomic mass is 10.1. The van der Waals surface area contributed by atoms with Gasteiger partial charge >= 0.3 is 0 Å². The number of aliphatic hydroxyl groups excluding tert-OH is 1. The molecule has 1 aliphatic rings. The van der Waals surface area contributed by atoms with E-state index in [1.165, 1.54) is 24.0 Å². The highest BCUT2D eigenvalue weighted by molar-refractivity contribution is 5.38. The Labute approximate surface area is 221 Å². The molecule has 1 N–H and O–H groups in total. The van der Waals surface area contributed by atoms with E-state index in [4.69, 9.17) is 47.7 Å². The number of hydrogen-bond donors (Lipinski definition) is 1. The summed E-state index contributed by atoms with van der Waals surface area (Å²) in [7, 11) is 0. The van der Waals surface area contributed by atoms with Crippen LogP contribution in [0.5, 0.6) is 5.75 Å². The lowest BCUT2D eigenvalue weighted by molar-refractivity contribution is -0.0242. The van der Waals surface area contributed by atoms with Crippen LogP contribution in [0.2, 0.25) is 0 Å². The molecule has 1 aliphatic carbocycles. The van der Waals surface area contributed by atoms with Gasteiger partial charge in [0.15, 0.2) is 0 Å². The number of aliphatic hydroxyl groups is 1. The van der Waals surface area contributed by atoms with Crippen molar-refractivity contribution in [3.05, 3.63) is 29.3 Å². The molecular formula is C27H46O10. The highest BCUT2D eigenvalue weighted by atomic mass is 16.6. The molecule has 0 atom stereocenters. The van der Waals surface area contributed by atoms with E-state index in [1.807, 2.05) is 6.07 Å². The molecule has 0 aliphatic heterocycles. The minimum absolute atomic E-state index is 0.0305. The SMILES string of the molecule is OCCOCCOCCOCCOCCOCCOCCOCCOCCOc1ccc2c(c1)CCC2. The smallest absolute Gasteiger partial charge is 0.119 e. The van der Waals surface area contributed by atoms with Crippen molar-refractivity contribution in [1.29, 1.82) is 0 Å². The summed E-state index contributed by atoms with van der Waals surface area (Å²) in [4.78, 5) is 0. The first-order chi connectivity index (χ1) is 18.4. The minimum atomic E-state index is 0.0305. The Morgan fingerprint density at radius 1 is 0.459 bits per heavy atom. The second-order valence-electron chi connectivity index (χ2n) is 8.26. The summed E-state index contributed by atoms with van der Waals surface area (Å²) >= 11 is 0. The largest absolute Gasteiger partial charge is 0.491 e. The van der Waals surface area contributed by atoms with Crippen molar-refractivity contribution in [3.8, 4) is 5.75 Å². The monoisotopic (exact) mass is 530 g/mol. The van der Waals surface area contributed by atoms with Crippen LogP contribution in [0.15, 0.2) is 18.2 Å². The quantitative estimate of drug-likeness (QED) is 0.169. The van der Waals surface area contributed by atoms with Gasteiger partial charge in [0.05, 0.1) is 112 Å². The van der Waals surface area contributed by atoms with Crippen molar-refractivity contribution < 1.29 is 47.7 Å². The molecule has 2 rings (SSSR count). The number of rotatable bonds is 27. The molecule has 0 fully saturated rings. The molecule has 10 nitrogen and oxygen atoms in total. The van der Waals surface area contributed by atoms with Gasteiger partial charge in [0.25, 0.3) is 0 Å². The summed E-state index contributed by atoms with van der Waals surface area (Å²) in [5.41, 5.74) is 2.88. The maximum atomic E-state index is 8.56. The molecule has 37 heavy (non-hydrogen) atoms. The summed E-state index contributed by atoms with van der Waals surface area (Å²) < 4.78 is 49.0. The van der Waals surface area contributed by atoms with Gasteiger partial charge in [-0.05, 0) is 42.5 Å². The zero-order valence-electron chi connectivity index (χ0n) is 22.2. The van der Waals surface area contributed by atoms with Crippen molar-refractivity contribution in [2.24, 2.45) is 0 Å². The van der Waals surface area contributed by atoms with Crippen LogP contribution >= 0.6 is 0 Å². The average molecular weight is 531 g/mol. The predicted octanol–water partition coefficient (Wildman–Crippen LogP) is 1.68. The Hall–Kier alpha value is -1.34. The van der Waals surface area contributed by atoms with Crippen molar-refractivity contribution in [3.63, 3.8) is 0 Å². The van der Waals surface area contributed by atoms with Gasteiger partial charge < -0.3 is 47.7 Å². The van der Waals surface area contributed by atoms with E-state index < -0.39 is 0 Å². The standard InChI is InChI=1S/C27H46O10/c28-6-7-29-8-9-30-10-11-31-12-13-32-14-15-33-16-17-34-18-19-35-20-21-36-22-23-37-27-5-4-25-2-1-3-26(25)24-27/h4-5,24,28H,1-3,6-23H2. The Kier molecular flexibility index (Phi) is 20.5. The van der Waals surface area contributed by atoms with Gasteiger partial charge in [-0.25, -0.2) is 0 Å². The molecule has 0 heterocycles. The molecule has 214 valence electrons. The van der Waals surface area contributed by atoms with Crippen molar-refractivity contribution in [2.75, 3.05) is 119 Å². The summed E-state index contributed by atoms with van der Waals surface area (Å²) in [6.45, 7) is 8.69. The topological polar surface area (TPSA) is 103 Å². The third-order valence-electron chi connectivity index (χ3n) is 5.41. The molecule has 1 aromatic carbocycles. The zero-order valence-corrected chi connectivity index (χ0v) is 22.2. The Morgan fingerprint density at radius 2 is 0.838 bits per heavy atom. The first kappa shape index (κ1) is 31.9. The molecule has 0 saturated heterocycles. The molecular weight excluding hydrogens is 484 g/mol. The summed E-state index contributed by atoms with van der Waals surface area (Å²) in [6.07, 6.45) is 3.60. The average Bonchev–Trinajstić information content (AvgIpc) is 3.39. The fourth-order valence-corrected chi connectivity index (χ4v) is 3.56. The normalized spacial score (nSPS) is 12.8. The van der Waals surface area contributed by atoms with Gasteiger partial charge in [-0.1, -0.05) is 6.07 Å². The zero-order chi connectivity index (χ0) is 26.1. The second kappa shape index (κ2) is 23.8. The number of ether oxygens (including phenoxy) is 9. The van der Waals surface area contributed by atoms with Gasteiger partial charge in [-0.2, -0.15) is 0 Å². The molecule has 0 unspecified atom stereocenters. The van der Waals surface area contributed by atoms with Gasteiger partial charge in [0.2, 0.25) is 0 Å². The molecule has 0 aromatic heterocycles. The third kappa shape index (κ3) is 17.7. The van der Waals surface area contributed by atoms with E-state index in [1.54, 1.807) is 0 Å². The Morgan fingerprint density at radius 3 is 1.27 bits per heavy atom. The number of hydrogen-bond acceptors (Lipinski definition) is 10. The number of benzene rings is 1. The van der Waals surface area contributed by atoms with Crippen LogP contribution in [0.4, 0.5) is 0 Å². The maximum absolute atomic E-state index is 8.56. The third-order valence-corrected chi connectivity index (χ3v) is 5.41. The van der Waals surface area contributed by atoms with Crippen LogP contribution in [-0.4, -0.2) is 124 Å². The van der Waals surface area contributed by atoms with Gasteiger partial charge in [-0.15, -0.1) is 0 Å². The molecule has 0 amide bonds. The molecule has 1 aromatic rings. The minimum Gasteiger partial charge on any atom is -0.491 e. The highest BCUT2D eigenvalue weighted by Crippen LogP contribution is 2.25. The number of fused-ring (bicyclic) bond motifs is 1. The van der Waals surface area contributed by atoms with Crippen LogP contribution in [0.1, 0.15) is 17.5 Å². The van der Waals surface area contributed by atoms with E-state index in [0.717, 1.165) is 12.2 Å². The fraction of sp³-hybridized carbons (Fsp3) is 0.778. The van der Waals surface area contributed by atoms with Crippen LogP contribution in [-0.2, 0) is 50.7 Å². The number of aryl methyl sites for hydroxylation is 2. The van der Waals surface area contributed by atoms with E-state index in [-0.39, 0.29) is 6.61 Å². The molecule has 0 spiro atoms. The van der Waals surface area contributed by atoms with Crippen LogP contribution in [0, 0.1) is 0 Å². The van der Waals surface area contributed by atoms with Gasteiger partial charge in [0.1, 0.15) is 12.4 Å². The molecule has 0 radical (unpaired) electrons.